The molecule has 1 aliphatic carbocycles. The molecule has 4 N–H and O–H groups in total. The van der Waals surface area contributed by atoms with Crippen molar-refractivity contribution in [1.29, 1.82) is 0 Å². The van der Waals surface area contributed by atoms with Crippen LogP contribution in [0.5, 0.6) is 0 Å². The second kappa shape index (κ2) is 9.36. The van der Waals surface area contributed by atoms with Crippen molar-refractivity contribution in [3.8, 4) is 0 Å². The van der Waals surface area contributed by atoms with Gasteiger partial charge >= 0.3 is 6.03 Å². The molecule has 0 aromatic carbocycles. The van der Waals surface area contributed by atoms with Gasteiger partial charge in [0.2, 0.25) is 0 Å². The highest BCUT2D eigenvalue weighted by molar-refractivity contribution is 5.73. The number of nitrogens with one attached hydrogen (secondary N) is 2. The van der Waals surface area contributed by atoms with Crippen molar-refractivity contribution in [2.45, 2.75) is 65.4 Å². The van der Waals surface area contributed by atoms with Gasteiger partial charge in [0, 0.05) is 25.1 Å². The van der Waals surface area contributed by atoms with Gasteiger partial charge in [-0.3, -0.25) is 0 Å². The third-order valence-corrected chi connectivity index (χ3v) is 4.83. The summed E-state index contributed by atoms with van der Waals surface area (Å²) in [6.07, 6.45) is 5.35. The Hall–Kier alpha value is -0.810. The summed E-state index contributed by atoms with van der Waals surface area (Å²) in [5.74, 6) is 0.865. The van der Waals surface area contributed by atoms with Crippen molar-refractivity contribution in [2.75, 3.05) is 19.7 Å². The number of aliphatic hydroxyl groups excluding tert-OH is 2. The summed E-state index contributed by atoms with van der Waals surface area (Å²) in [7, 11) is 0. The first-order valence-electron chi connectivity index (χ1n) is 8.68. The van der Waals surface area contributed by atoms with E-state index < -0.39 is 0 Å². The van der Waals surface area contributed by atoms with Crippen LogP contribution < -0.4 is 10.6 Å². The molecular weight excluding hydrogens is 280 g/mol. The SMILES string of the molecule is CC(C)CC(CCO)CNC(=O)NCC1(C)CCCCC1O. The predicted molar refractivity (Wildman–Crippen MR) is 88.6 cm³/mol. The Morgan fingerprint density at radius 1 is 1.32 bits per heavy atom. The first-order chi connectivity index (χ1) is 10.4. The van der Waals surface area contributed by atoms with Gasteiger partial charge in [-0.05, 0) is 37.5 Å². The lowest BCUT2D eigenvalue weighted by Crippen LogP contribution is -2.48. The van der Waals surface area contributed by atoms with Gasteiger partial charge in [-0.2, -0.15) is 0 Å². The molecule has 2 amide bonds. The summed E-state index contributed by atoms with van der Waals surface area (Å²) in [5.41, 5.74) is -0.210. The van der Waals surface area contributed by atoms with E-state index in [1.165, 1.54) is 0 Å². The van der Waals surface area contributed by atoms with Crippen LogP contribution in [0.25, 0.3) is 0 Å². The van der Waals surface area contributed by atoms with Gasteiger partial charge in [0.15, 0.2) is 0 Å². The van der Waals surface area contributed by atoms with Gasteiger partial charge in [0.25, 0.3) is 0 Å². The molecule has 0 saturated heterocycles. The van der Waals surface area contributed by atoms with Gasteiger partial charge in [0.1, 0.15) is 0 Å². The largest absolute Gasteiger partial charge is 0.396 e. The summed E-state index contributed by atoms with van der Waals surface area (Å²) in [5, 5.41) is 25.0. The summed E-state index contributed by atoms with van der Waals surface area (Å²) < 4.78 is 0. The molecule has 0 aromatic heterocycles. The van der Waals surface area contributed by atoms with Crippen molar-refractivity contribution >= 4 is 6.03 Å². The van der Waals surface area contributed by atoms with Crippen LogP contribution in [0.15, 0.2) is 0 Å². The fraction of sp³-hybridized carbons (Fsp3) is 0.941. The molecule has 1 saturated carbocycles. The minimum absolute atomic E-state index is 0.158. The summed E-state index contributed by atoms with van der Waals surface area (Å²) in [6.45, 7) is 7.60. The monoisotopic (exact) mass is 314 g/mol. The number of amides is 2. The van der Waals surface area contributed by atoms with Crippen molar-refractivity contribution in [3.63, 3.8) is 0 Å². The molecule has 5 heteroatoms. The molecule has 3 unspecified atom stereocenters. The number of hydrogen-bond acceptors (Lipinski definition) is 3. The van der Waals surface area contributed by atoms with Crippen LogP contribution in [0.1, 0.15) is 59.3 Å². The summed E-state index contributed by atoms with van der Waals surface area (Å²) in [6, 6.07) is -0.175. The average Bonchev–Trinajstić information content (AvgIpc) is 2.46. The smallest absolute Gasteiger partial charge is 0.314 e. The number of aliphatic hydroxyl groups is 2. The number of urea groups is 1. The highest BCUT2D eigenvalue weighted by atomic mass is 16.3. The van der Waals surface area contributed by atoms with Crippen molar-refractivity contribution < 1.29 is 15.0 Å². The molecule has 5 nitrogen and oxygen atoms in total. The normalized spacial score (nSPS) is 26.7. The summed E-state index contributed by atoms with van der Waals surface area (Å²) in [4.78, 5) is 12.0. The predicted octanol–water partition coefficient (Wildman–Crippen LogP) is 2.27. The fourth-order valence-corrected chi connectivity index (χ4v) is 3.32. The topological polar surface area (TPSA) is 81.6 Å². The third-order valence-electron chi connectivity index (χ3n) is 4.83. The van der Waals surface area contributed by atoms with Crippen molar-refractivity contribution in [3.05, 3.63) is 0 Å². The third kappa shape index (κ3) is 6.53. The molecule has 0 radical (unpaired) electrons. The van der Waals surface area contributed by atoms with Crippen LogP contribution in [0, 0.1) is 17.3 Å². The lowest BCUT2D eigenvalue weighted by atomic mass is 9.73. The van der Waals surface area contributed by atoms with E-state index in [1.54, 1.807) is 0 Å². The Kier molecular flexibility index (Phi) is 8.18. The Morgan fingerprint density at radius 3 is 2.64 bits per heavy atom. The van der Waals surface area contributed by atoms with Crippen LogP contribution in [-0.2, 0) is 0 Å². The highest BCUT2D eigenvalue weighted by Crippen LogP contribution is 2.35. The van der Waals surface area contributed by atoms with E-state index in [2.05, 4.69) is 24.5 Å². The average molecular weight is 314 g/mol. The second-order valence-corrected chi connectivity index (χ2v) is 7.49. The second-order valence-electron chi connectivity index (χ2n) is 7.49. The number of carbonyl (C=O) groups is 1. The van der Waals surface area contributed by atoms with E-state index in [0.717, 1.165) is 38.5 Å². The molecule has 1 fully saturated rings. The molecule has 0 spiro atoms. The number of rotatable bonds is 8. The molecule has 0 aliphatic heterocycles. The zero-order valence-corrected chi connectivity index (χ0v) is 14.4. The Labute approximate surface area is 134 Å². The van der Waals surface area contributed by atoms with Crippen molar-refractivity contribution in [2.24, 2.45) is 17.3 Å². The van der Waals surface area contributed by atoms with Gasteiger partial charge < -0.3 is 20.8 Å². The summed E-state index contributed by atoms with van der Waals surface area (Å²) >= 11 is 0. The Morgan fingerprint density at radius 2 is 2.05 bits per heavy atom. The zero-order valence-electron chi connectivity index (χ0n) is 14.4. The molecule has 0 bridgehead atoms. The van der Waals surface area contributed by atoms with Crippen molar-refractivity contribution in [1.82, 2.24) is 10.6 Å². The van der Waals surface area contributed by atoms with Gasteiger partial charge in [-0.25, -0.2) is 4.79 Å². The zero-order chi connectivity index (χ0) is 16.6. The van der Waals surface area contributed by atoms with Crippen LogP contribution in [0.3, 0.4) is 0 Å². The van der Waals surface area contributed by atoms with Gasteiger partial charge in [-0.15, -0.1) is 0 Å². The van der Waals surface area contributed by atoms with Crippen LogP contribution in [0.2, 0.25) is 0 Å². The van der Waals surface area contributed by atoms with E-state index in [9.17, 15) is 9.90 Å². The van der Waals surface area contributed by atoms with E-state index in [1.807, 2.05) is 6.92 Å². The standard InChI is InChI=1S/C17H34N2O3/c1-13(2)10-14(7-9-20)11-18-16(22)19-12-17(3)8-5-4-6-15(17)21/h13-15,20-21H,4-12H2,1-3H3,(H2,18,19,22). The van der Waals surface area contributed by atoms with E-state index in [-0.39, 0.29) is 24.2 Å². The molecular formula is C17H34N2O3. The van der Waals surface area contributed by atoms with Crippen LogP contribution in [0.4, 0.5) is 4.79 Å². The quantitative estimate of drug-likeness (QED) is 0.555. The lowest BCUT2D eigenvalue weighted by molar-refractivity contribution is 0.00307. The molecule has 130 valence electrons. The minimum atomic E-state index is -0.329. The molecule has 3 atom stereocenters. The molecule has 22 heavy (non-hydrogen) atoms. The minimum Gasteiger partial charge on any atom is -0.396 e. The maximum atomic E-state index is 12.0. The first-order valence-corrected chi connectivity index (χ1v) is 8.68. The van der Waals surface area contributed by atoms with Crippen LogP contribution >= 0.6 is 0 Å². The Bertz CT molecular complexity index is 336. The first kappa shape index (κ1) is 19.2. The van der Waals surface area contributed by atoms with E-state index >= 15 is 0 Å². The molecule has 0 heterocycles. The fourth-order valence-electron chi connectivity index (χ4n) is 3.32. The lowest BCUT2D eigenvalue weighted by Gasteiger charge is -2.38. The molecule has 1 rings (SSSR count). The molecule has 0 aromatic rings. The molecule has 1 aliphatic rings. The Balaban J connectivity index is 2.32. The highest BCUT2D eigenvalue weighted by Gasteiger charge is 2.35. The number of hydrogen-bond donors (Lipinski definition) is 4. The maximum absolute atomic E-state index is 12.0. The van der Waals surface area contributed by atoms with E-state index in [0.29, 0.717) is 24.9 Å². The number of carbonyl (C=O) groups excluding carboxylic acids is 1. The maximum Gasteiger partial charge on any atom is 0.314 e. The van der Waals surface area contributed by atoms with Gasteiger partial charge in [-0.1, -0.05) is 33.6 Å². The van der Waals surface area contributed by atoms with Gasteiger partial charge in [0.05, 0.1) is 6.10 Å². The van der Waals surface area contributed by atoms with E-state index in [4.69, 9.17) is 5.11 Å². The van der Waals surface area contributed by atoms with Crippen LogP contribution in [-0.4, -0.2) is 42.0 Å².